The highest BCUT2D eigenvalue weighted by Gasteiger charge is 2.05. The van der Waals surface area contributed by atoms with Gasteiger partial charge in [-0.1, -0.05) is 23.2 Å². The topological polar surface area (TPSA) is 85.1 Å². The number of halogens is 2. The Hall–Kier alpha value is -0.560. The molecule has 0 saturated heterocycles. The summed E-state index contributed by atoms with van der Waals surface area (Å²) in [4.78, 5) is 3.89. The molecule has 5 nitrogen and oxygen atoms in total. The van der Waals surface area contributed by atoms with Gasteiger partial charge in [0.2, 0.25) is 10.0 Å². The lowest BCUT2D eigenvalue weighted by atomic mass is 10.4. The first kappa shape index (κ1) is 12.5. The molecular formula is C7H9Cl2N3O2S. The number of hydrogen-bond acceptors (Lipinski definition) is 4. The van der Waals surface area contributed by atoms with Crippen molar-refractivity contribution in [3.63, 3.8) is 0 Å². The molecule has 0 atom stereocenters. The van der Waals surface area contributed by atoms with Crippen molar-refractivity contribution < 1.29 is 8.42 Å². The molecule has 0 saturated carbocycles. The second-order valence-corrected chi connectivity index (χ2v) is 5.36. The fourth-order valence-corrected chi connectivity index (χ4v) is 1.69. The molecule has 0 aliphatic rings. The molecule has 0 amide bonds. The molecule has 1 heterocycles. The van der Waals surface area contributed by atoms with Crippen LogP contribution in [0.3, 0.4) is 0 Å². The van der Waals surface area contributed by atoms with Gasteiger partial charge in [0.15, 0.2) is 0 Å². The van der Waals surface area contributed by atoms with Gasteiger partial charge in [0, 0.05) is 12.7 Å². The standard InChI is InChI=1S/C7H9Cl2N3O2S/c8-5-3-6(9)7(12-4-5)11-1-2-15(10,13)14/h3-4H,1-2H2,(H,11,12)(H2,10,13,14). The summed E-state index contributed by atoms with van der Waals surface area (Å²) in [7, 11) is -3.47. The van der Waals surface area contributed by atoms with Crippen LogP contribution >= 0.6 is 23.2 Å². The van der Waals surface area contributed by atoms with Crippen molar-refractivity contribution >= 4 is 39.0 Å². The third-order valence-corrected chi connectivity index (χ3v) is 2.75. The lowest BCUT2D eigenvalue weighted by molar-refractivity contribution is 0.598. The van der Waals surface area contributed by atoms with E-state index in [0.29, 0.717) is 15.9 Å². The van der Waals surface area contributed by atoms with Crippen LogP contribution in [-0.2, 0) is 10.0 Å². The lowest BCUT2D eigenvalue weighted by Gasteiger charge is -2.06. The lowest BCUT2D eigenvalue weighted by Crippen LogP contribution is -2.22. The van der Waals surface area contributed by atoms with Gasteiger partial charge in [0.25, 0.3) is 0 Å². The van der Waals surface area contributed by atoms with Crippen LogP contribution in [0.15, 0.2) is 12.3 Å². The number of sulfonamides is 1. The Morgan fingerprint density at radius 2 is 2.13 bits per heavy atom. The van der Waals surface area contributed by atoms with Crippen molar-refractivity contribution in [3.8, 4) is 0 Å². The fraction of sp³-hybridized carbons (Fsp3) is 0.286. The van der Waals surface area contributed by atoms with E-state index in [9.17, 15) is 8.42 Å². The Labute approximate surface area is 97.6 Å². The van der Waals surface area contributed by atoms with Crippen molar-refractivity contribution in [3.05, 3.63) is 22.3 Å². The maximum atomic E-state index is 10.6. The molecule has 0 fully saturated rings. The third kappa shape index (κ3) is 4.65. The first-order valence-electron chi connectivity index (χ1n) is 3.94. The van der Waals surface area contributed by atoms with Crippen LogP contribution < -0.4 is 10.5 Å². The van der Waals surface area contributed by atoms with Crippen LogP contribution in [0.2, 0.25) is 10.0 Å². The van der Waals surface area contributed by atoms with Gasteiger partial charge in [-0.15, -0.1) is 0 Å². The average molecular weight is 270 g/mol. The normalized spacial score (nSPS) is 11.4. The largest absolute Gasteiger partial charge is 0.368 e. The van der Waals surface area contributed by atoms with Gasteiger partial charge >= 0.3 is 0 Å². The van der Waals surface area contributed by atoms with Gasteiger partial charge in [-0.25, -0.2) is 18.5 Å². The van der Waals surface area contributed by atoms with Gasteiger partial charge in [-0.2, -0.15) is 0 Å². The van der Waals surface area contributed by atoms with E-state index in [4.69, 9.17) is 28.3 Å². The first-order valence-corrected chi connectivity index (χ1v) is 6.41. The van der Waals surface area contributed by atoms with E-state index in [2.05, 4.69) is 10.3 Å². The minimum absolute atomic E-state index is 0.146. The van der Waals surface area contributed by atoms with Gasteiger partial charge < -0.3 is 5.32 Å². The van der Waals surface area contributed by atoms with Gasteiger partial charge in [-0.3, -0.25) is 0 Å². The quantitative estimate of drug-likeness (QED) is 0.857. The van der Waals surface area contributed by atoms with Crippen molar-refractivity contribution in [2.45, 2.75) is 0 Å². The van der Waals surface area contributed by atoms with Crippen LogP contribution in [0.25, 0.3) is 0 Å². The van der Waals surface area contributed by atoms with Crippen molar-refractivity contribution in [2.75, 3.05) is 17.6 Å². The van der Waals surface area contributed by atoms with E-state index in [-0.39, 0.29) is 12.3 Å². The molecule has 1 aromatic heterocycles. The SMILES string of the molecule is NS(=O)(=O)CCNc1ncc(Cl)cc1Cl. The number of rotatable bonds is 4. The fourth-order valence-electron chi connectivity index (χ4n) is 0.856. The zero-order chi connectivity index (χ0) is 11.5. The molecule has 0 radical (unpaired) electrons. The number of hydrogen-bond donors (Lipinski definition) is 2. The number of pyridine rings is 1. The van der Waals surface area contributed by atoms with Crippen molar-refractivity contribution in [1.82, 2.24) is 4.98 Å². The third-order valence-electron chi connectivity index (χ3n) is 1.49. The second kappa shape index (κ2) is 4.98. The Morgan fingerprint density at radius 3 is 2.67 bits per heavy atom. The number of aromatic nitrogens is 1. The van der Waals surface area contributed by atoms with E-state index in [1.807, 2.05) is 0 Å². The highest BCUT2D eigenvalue weighted by molar-refractivity contribution is 7.89. The van der Waals surface area contributed by atoms with E-state index >= 15 is 0 Å². The molecule has 0 unspecified atom stereocenters. The van der Waals surface area contributed by atoms with E-state index in [1.165, 1.54) is 12.3 Å². The maximum Gasteiger partial charge on any atom is 0.210 e. The Balaban J connectivity index is 2.59. The molecule has 0 bridgehead atoms. The summed E-state index contributed by atoms with van der Waals surface area (Å²) in [6, 6.07) is 1.51. The molecule has 0 spiro atoms. The number of anilines is 1. The van der Waals surface area contributed by atoms with Gasteiger partial charge in [0.1, 0.15) is 5.82 Å². The van der Waals surface area contributed by atoms with Gasteiger partial charge in [-0.05, 0) is 6.07 Å². The monoisotopic (exact) mass is 269 g/mol. The molecule has 0 aliphatic heterocycles. The second-order valence-electron chi connectivity index (χ2n) is 2.78. The summed E-state index contributed by atoms with van der Waals surface area (Å²) < 4.78 is 21.2. The van der Waals surface area contributed by atoms with Gasteiger partial charge in [0.05, 0.1) is 15.8 Å². The summed E-state index contributed by atoms with van der Waals surface area (Å²) >= 11 is 11.4. The molecule has 84 valence electrons. The van der Waals surface area contributed by atoms with E-state index in [1.54, 1.807) is 0 Å². The van der Waals surface area contributed by atoms with Crippen LogP contribution in [0.4, 0.5) is 5.82 Å². The number of primary sulfonamides is 1. The zero-order valence-electron chi connectivity index (χ0n) is 7.57. The van der Waals surface area contributed by atoms with E-state index < -0.39 is 10.0 Å². The predicted octanol–water partition coefficient (Wildman–Crippen LogP) is 1.09. The molecule has 1 aromatic rings. The summed E-state index contributed by atoms with van der Waals surface area (Å²) in [5.41, 5.74) is 0. The summed E-state index contributed by atoms with van der Waals surface area (Å²) in [6.07, 6.45) is 1.41. The van der Waals surface area contributed by atoms with Crippen molar-refractivity contribution in [2.24, 2.45) is 5.14 Å². The summed E-state index contributed by atoms with van der Waals surface area (Å²) in [5.74, 6) is 0.192. The molecule has 0 aliphatic carbocycles. The Bertz CT molecular complexity index is 450. The number of nitrogens with zero attached hydrogens (tertiary/aromatic N) is 1. The summed E-state index contributed by atoms with van der Waals surface area (Å²) in [5, 5.41) is 8.30. The smallest absolute Gasteiger partial charge is 0.210 e. The molecule has 8 heteroatoms. The minimum Gasteiger partial charge on any atom is -0.368 e. The Morgan fingerprint density at radius 1 is 1.47 bits per heavy atom. The highest BCUT2D eigenvalue weighted by atomic mass is 35.5. The molecule has 15 heavy (non-hydrogen) atoms. The minimum atomic E-state index is -3.47. The molecule has 1 rings (SSSR count). The van der Waals surface area contributed by atoms with Crippen LogP contribution in [0.5, 0.6) is 0 Å². The van der Waals surface area contributed by atoms with Crippen LogP contribution in [0.1, 0.15) is 0 Å². The number of nitrogens with one attached hydrogen (secondary N) is 1. The zero-order valence-corrected chi connectivity index (χ0v) is 9.90. The first-order chi connectivity index (χ1) is 6.88. The van der Waals surface area contributed by atoms with E-state index in [0.717, 1.165) is 0 Å². The van der Waals surface area contributed by atoms with Crippen LogP contribution in [-0.4, -0.2) is 25.7 Å². The molecule has 0 aromatic carbocycles. The molecular weight excluding hydrogens is 261 g/mol. The summed E-state index contributed by atoms with van der Waals surface area (Å²) in [6.45, 7) is 0.146. The highest BCUT2D eigenvalue weighted by Crippen LogP contribution is 2.21. The predicted molar refractivity (Wildman–Crippen MR) is 60.7 cm³/mol. The maximum absolute atomic E-state index is 10.6. The van der Waals surface area contributed by atoms with Crippen LogP contribution in [0, 0.1) is 0 Å². The Kier molecular flexibility index (Phi) is 4.15. The average Bonchev–Trinajstić information content (AvgIpc) is 2.07. The number of nitrogens with two attached hydrogens (primary N) is 1. The molecule has 3 N–H and O–H groups in total. The van der Waals surface area contributed by atoms with Crippen molar-refractivity contribution in [1.29, 1.82) is 0 Å².